The standard InChI is InChI=1S/C14H20N2O3/c1-15(2)12-5-3-4-11(8-12)14(18)16-6-7-19-13(9-16)10-17/h3-5,8,13,17H,6-7,9-10H2,1-2H3. The molecule has 1 aromatic rings. The van der Waals surface area contributed by atoms with Gasteiger partial charge in [0.2, 0.25) is 0 Å². The Balaban J connectivity index is 2.12. The number of hydrogen-bond acceptors (Lipinski definition) is 4. The molecule has 0 aliphatic carbocycles. The zero-order chi connectivity index (χ0) is 13.8. The smallest absolute Gasteiger partial charge is 0.254 e. The first kappa shape index (κ1) is 13.8. The van der Waals surface area contributed by atoms with Gasteiger partial charge in [-0.2, -0.15) is 0 Å². The molecule has 0 bridgehead atoms. The van der Waals surface area contributed by atoms with Gasteiger partial charge in [0.05, 0.1) is 19.3 Å². The Morgan fingerprint density at radius 3 is 3.00 bits per heavy atom. The molecule has 1 amide bonds. The van der Waals surface area contributed by atoms with Gasteiger partial charge in [-0.15, -0.1) is 0 Å². The van der Waals surface area contributed by atoms with Crippen LogP contribution in [0.2, 0.25) is 0 Å². The molecule has 1 saturated heterocycles. The highest BCUT2D eigenvalue weighted by Crippen LogP contribution is 2.16. The van der Waals surface area contributed by atoms with E-state index in [2.05, 4.69) is 0 Å². The first-order chi connectivity index (χ1) is 9.11. The molecule has 1 fully saturated rings. The van der Waals surface area contributed by atoms with Crippen molar-refractivity contribution in [2.75, 3.05) is 45.3 Å². The van der Waals surface area contributed by atoms with Crippen LogP contribution in [0.1, 0.15) is 10.4 Å². The zero-order valence-corrected chi connectivity index (χ0v) is 11.4. The van der Waals surface area contributed by atoms with E-state index in [1.165, 1.54) is 0 Å². The van der Waals surface area contributed by atoms with Gasteiger partial charge in [0.15, 0.2) is 0 Å². The molecule has 1 aromatic carbocycles. The number of benzene rings is 1. The lowest BCUT2D eigenvalue weighted by Crippen LogP contribution is -2.46. The Morgan fingerprint density at radius 1 is 1.53 bits per heavy atom. The molecule has 5 heteroatoms. The SMILES string of the molecule is CN(C)c1cccc(C(=O)N2CCOC(CO)C2)c1. The van der Waals surface area contributed by atoms with Crippen molar-refractivity contribution < 1.29 is 14.6 Å². The van der Waals surface area contributed by atoms with Crippen LogP contribution < -0.4 is 4.90 Å². The van der Waals surface area contributed by atoms with E-state index >= 15 is 0 Å². The van der Waals surface area contributed by atoms with Crippen LogP contribution in [0.15, 0.2) is 24.3 Å². The van der Waals surface area contributed by atoms with E-state index in [0.29, 0.717) is 25.3 Å². The summed E-state index contributed by atoms with van der Waals surface area (Å²) in [5.74, 6) is -0.00884. The van der Waals surface area contributed by atoms with Gasteiger partial charge in [0, 0.05) is 38.4 Å². The number of nitrogens with zero attached hydrogens (tertiary/aromatic N) is 2. The number of morpholine rings is 1. The van der Waals surface area contributed by atoms with Gasteiger partial charge in [-0.05, 0) is 18.2 Å². The van der Waals surface area contributed by atoms with Crippen molar-refractivity contribution in [3.8, 4) is 0 Å². The average Bonchev–Trinajstić information content (AvgIpc) is 2.46. The summed E-state index contributed by atoms with van der Waals surface area (Å²) in [7, 11) is 3.89. The minimum Gasteiger partial charge on any atom is -0.394 e. The Labute approximate surface area is 113 Å². The number of carbonyl (C=O) groups is 1. The minimum absolute atomic E-state index is 0.00884. The molecule has 19 heavy (non-hydrogen) atoms. The van der Waals surface area contributed by atoms with Gasteiger partial charge in [-0.1, -0.05) is 6.07 Å². The first-order valence-electron chi connectivity index (χ1n) is 6.41. The van der Waals surface area contributed by atoms with Crippen LogP contribution >= 0.6 is 0 Å². The van der Waals surface area contributed by atoms with E-state index in [1.54, 1.807) is 4.90 Å². The zero-order valence-electron chi connectivity index (χ0n) is 11.4. The molecule has 5 nitrogen and oxygen atoms in total. The van der Waals surface area contributed by atoms with Crippen LogP contribution in [0.4, 0.5) is 5.69 Å². The van der Waals surface area contributed by atoms with Gasteiger partial charge in [0.1, 0.15) is 0 Å². The van der Waals surface area contributed by atoms with Crippen molar-refractivity contribution in [2.45, 2.75) is 6.10 Å². The average molecular weight is 264 g/mol. The number of carbonyl (C=O) groups excluding carboxylic acids is 1. The van der Waals surface area contributed by atoms with Crippen molar-refractivity contribution in [1.29, 1.82) is 0 Å². The van der Waals surface area contributed by atoms with Gasteiger partial charge in [0.25, 0.3) is 5.91 Å². The van der Waals surface area contributed by atoms with Crippen molar-refractivity contribution in [3.05, 3.63) is 29.8 Å². The van der Waals surface area contributed by atoms with Gasteiger partial charge >= 0.3 is 0 Å². The van der Waals surface area contributed by atoms with Crippen LogP contribution in [0, 0.1) is 0 Å². The van der Waals surface area contributed by atoms with E-state index in [9.17, 15) is 4.79 Å². The monoisotopic (exact) mass is 264 g/mol. The van der Waals surface area contributed by atoms with Gasteiger partial charge < -0.3 is 19.6 Å². The number of aliphatic hydroxyl groups is 1. The third-order valence-electron chi connectivity index (χ3n) is 3.24. The third-order valence-corrected chi connectivity index (χ3v) is 3.24. The predicted molar refractivity (Wildman–Crippen MR) is 73.5 cm³/mol. The third kappa shape index (κ3) is 3.24. The fraction of sp³-hybridized carbons (Fsp3) is 0.500. The summed E-state index contributed by atoms with van der Waals surface area (Å²) in [6, 6.07) is 7.55. The Kier molecular flexibility index (Phi) is 4.39. The molecule has 1 N–H and O–H groups in total. The lowest BCUT2D eigenvalue weighted by Gasteiger charge is -2.32. The second-order valence-corrected chi connectivity index (χ2v) is 4.87. The molecule has 0 radical (unpaired) electrons. The predicted octanol–water partition coefficient (Wildman–Crippen LogP) is 0.586. The Morgan fingerprint density at radius 2 is 2.32 bits per heavy atom. The number of amides is 1. The molecule has 1 aliphatic heterocycles. The summed E-state index contributed by atoms with van der Waals surface area (Å²) in [6.07, 6.45) is -0.269. The quantitative estimate of drug-likeness (QED) is 0.868. The highest BCUT2D eigenvalue weighted by Gasteiger charge is 2.24. The van der Waals surface area contributed by atoms with E-state index < -0.39 is 0 Å². The summed E-state index contributed by atoms with van der Waals surface area (Å²) in [5.41, 5.74) is 1.67. The lowest BCUT2D eigenvalue weighted by atomic mass is 10.1. The minimum atomic E-state index is -0.269. The molecule has 0 spiro atoms. The van der Waals surface area contributed by atoms with Gasteiger partial charge in [-0.3, -0.25) is 4.79 Å². The fourth-order valence-electron chi connectivity index (χ4n) is 2.11. The summed E-state index contributed by atoms with van der Waals surface area (Å²) in [5, 5.41) is 9.11. The number of hydrogen-bond donors (Lipinski definition) is 1. The van der Waals surface area contributed by atoms with E-state index in [4.69, 9.17) is 9.84 Å². The number of aliphatic hydroxyl groups excluding tert-OH is 1. The maximum Gasteiger partial charge on any atom is 0.254 e. The summed E-state index contributed by atoms with van der Waals surface area (Å²) < 4.78 is 5.35. The molecule has 1 unspecified atom stereocenters. The van der Waals surface area contributed by atoms with E-state index in [-0.39, 0.29) is 18.6 Å². The lowest BCUT2D eigenvalue weighted by molar-refractivity contribution is -0.0447. The number of ether oxygens (including phenoxy) is 1. The van der Waals surface area contributed by atoms with Crippen LogP contribution in [-0.2, 0) is 4.74 Å². The number of anilines is 1. The van der Waals surface area contributed by atoms with Crippen molar-refractivity contribution >= 4 is 11.6 Å². The van der Waals surface area contributed by atoms with Crippen molar-refractivity contribution in [3.63, 3.8) is 0 Å². The first-order valence-corrected chi connectivity index (χ1v) is 6.41. The second-order valence-electron chi connectivity index (χ2n) is 4.87. The van der Waals surface area contributed by atoms with Crippen LogP contribution in [0.5, 0.6) is 0 Å². The maximum atomic E-state index is 12.4. The summed E-state index contributed by atoms with van der Waals surface area (Å²) >= 11 is 0. The maximum absolute atomic E-state index is 12.4. The topological polar surface area (TPSA) is 53.0 Å². The molecule has 1 heterocycles. The highest BCUT2D eigenvalue weighted by atomic mass is 16.5. The molecule has 104 valence electrons. The normalized spacial score (nSPS) is 19.3. The molecule has 1 atom stereocenters. The molecule has 2 rings (SSSR count). The van der Waals surface area contributed by atoms with Crippen molar-refractivity contribution in [1.82, 2.24) is 4.90 Å². The van der Waals surface area contributed by atoms with E-state index in [0.717, 1.165) is 5.69 Å². The highest BCUT2D eigenvalue weighted by molar-refractivity contribution is 5.95. The van der Waals surface area contributed by atoms with Gasteiger partial charge in [-0.25, -0.2) is 0 Å². The second kappa shape index (κ2) is 6.04. The van der Waals surface area contributed by atoms with Crippen LogP contribution in [0.25, 0.3) is 0 Å². The van der Waals surface area contributed by atoms with Crippen molar-refractivity contribution in [2.24, 2.45) is 0 Å². The number of rotatable bonds is 3. The molecular formula is C14H20N2O3. The molecule has 0 aromatic heterocycles. The summed E-state index contributed by atoms with van der Waals surface area (Å²) in [4.78, 5) is 16.1. The largest absolute Gasteiger partial charge is 0.394 e. The molecule has 0 saturated carbocycles. The Hall–Kier alpha value is -1.59. The molecular weight excluding hydrogens is 244 g/mol. The summed E-state index contributed by atoms with van der Waals surface area (Å²) in [6.45, 7) is 1.44. The van der Waals surface area contributed by atoms with E-state index in [1.807, 2.05) is 43.3 Å². The fourth-order valence-corrected chi connectivity index (χ4v) is 2.11. The van der Waals surface area contributed by atoms with Crippen LogP contribution in [0.3, 0.4) is 0 Å². The Bertz CT molecular complexity index is 448. The van der Waals surface area contributed by atoms with Crippen LogP contribution in [-0.4, -0.2) is 62.4 Å². The molecule has 1 aliphatic rings.